The zero-order valence-electron chi connectivity index (χ0n) is 10.9. The van der Waals surface area contributed by atoms with Crippen molar-refractivity contribution < 1.29 is 9.18 Å². The molecule has 1 heterocycles. The first-order chi connectivity index (χ1) is 8.54. The maximum atomic E-state index is 13.2. The molecule has 4 nitrogen and oxygen atoms in total. The summed E-state index contributed by atoms with van der Waals surface area (Å²) in [4.78, 5) is 17.9. The first-order valence-corrected chi connectivity index (χ1v) is 6.15. The molecule has 0 aliphatic heterocycles. The SMILES string of the molecule is CNc1ncc(F)cc1C(=O)N(C)C(C)C1CC1. The molecule has 0 saturated heterocycles. The van der Waals surface area contributed by atoms with Crippen molar-refractivity contribution in [2.24, 2.45) is 5.92 Å². The second-order valence-corrected chi connectivity index (χ2v) is 4.79. The van der Waals surface area contributed by atoms with Crippen molar-refractivity contribution in [2.75, 3.05) is 19.4 Å². The zero-order valence-corrected chi connectivity index (χ0v) is 10.9. The van der Waals surface area contributed by atoms with Gasteiger partial charge in [-0.1, -0.05) is 0 Å². The predicted octanol–water partition coefficient (Wildman–Crippen LogP) is 2.13. The number of rotatable bonds is 4. The number of amides is 1. The van der Waals surface area contributed by atoms with Crippen LogP contribution in [0.3, 0.4) is 0 Å². The molecule has 1 aromatic heterocycles. The summed E-state index contributed by atoms with van der Waals surface area (Å²) in [6.07, 6.45) is 3.44. The lowest BCUT2D eigenvalue weighted by Gasteiger charge is -2.25. The van der Waals surface area contributed by atoms with E-state index in [0.717, 1.165) is 6.20 Å². The minimum absolute atomic E-state index is 0.186. The van der Waals surface area contributed by atoms with Crippen molar-refractivity contribution >= 4 is 11.7 Å². The van der Waals surface area contributed by atoms with E-state index in [1.54, 1.807) is 19.0 Å². The number of aromatic nitrogens is 1. The Morgan fingerprint density at radius 3 is 2.83 bits per heavy atom. The van der Waals surface area contributed by atoms with Gasteiger partial charge in [-0.25, -0.2) is 9.37 Å². The van der Waals surface area contributed by atoms with E-state index in [0.29, 0.717) is 11.7 Å². The molecule has 1 aromatic rings. The lowest BCUT2D eigenvalue weighted by atomic mass is 10.1. The Morgan fingerprint density at radius 1 is 1.61 bits per heavy atom. The van der Waals surface area contributed by atoms with Crippen molar-refractivity contribution in [3.63, 3.8) is 0 Å². The highest BCUT2D eigenvalue weighted by Crippen LogP contribution is 2.35. The summed E-state index contributed by atoms with van der Waals surface area (Å²) >= 11 is 0. The highest BCUT2D eigenvalue weighted by Gasteiger charge is 2.33. The number of hydrogen-bond acceptors (Lipinski definition) is 3. The third-order valence-corrected chi connectivity index (χ3v) is 3.56. The molecular formula is C13H18FN3O. The molecule has 1 atom stereocenters. The summed E-state index contributed by atoms with van der Waals surface area (Å²) in [5.74, 6) is 0.310. The maximum Gasteiger partial charge on any atom is 0.257 e. The van der Waals surface area contributed by atoms with E-state index in [2.05, 4.69) is 10.3 Å². The fraction of sp³-hybridized carbons (Fsp3) is 0.538. The van der Waals surface area contributed by atoms with Gasteiger partial charge in [0.05, 0.1) is 11.8 Å². The highest BCUT2D eigenvalue weighted by molar-refractivity contribution is 5.98. The van der Waals surface area contributed by atoms with Gasteiger partial charge in [0.2, 0.25) is 0 Å². The van der Waals surface area contributed by atoms with Crippen molar-refractivity contribution in [2.45, 2.75) is 25.8 Å². The van der Waals surface area contributed by atoms with Gasteiger partial charge in [0.1, 0.15) is 11.6 Å². The second-order valence-electron chi connectivity index (χ2n) is 4.79. The summed E-state index contributed by atoms with van der Waals surface area (Å²) in [6, 6.07) is 1.42. The third-order valence-electron chi connectivity index (χ3n) is 3.56. The Bertz CT molecular complexity index is 460. The number of halogens is 1. The summed E-state index contributed by atoms with van der Waals surface area (Å²) in [7, 11) is 3.43. The number of carbonyl (C=O) groups excluding carboxylic acids is 1. The van der Waals surface area contributed by atoms with E-state index in [-0.39, 0.29) is 17.5 Å². The monoisotopic (exact) mass is 251 g/mol. The standard InChI is InChI=1S/C13H18FN3O/c1-8(9-4-5-9)17(3)13(18)11-6-10(14)7-16-12(11)15-2/h6-9H,4-5H2,1-3H3,(H,15,16). The number of hydrogen-bond donors (Lipinski definition) is 1. The second kappa shape index (κ2) is 4.92. The molecule has 0 aromatic carbocycles. The predicted molar refractivity (Wildman–Crippen MR) is 68.0 cm³/mol. The maximum absolute atomic E-state index is 13.2. The van der Waals surface area contributed by atoms with Crippen molar-refractivity contribution in [1.29, 1.82) is 0 Å². The topological polar surface area (TPSA) is 45.2 Å². The fourth-order valence-electron chi connectivity index (χ4n) is 2.07. The molecule has 2 rings (SSSR count). The Hall–Kier alpha value is -1.65. The molecule has 18 heavy (non-hydrogen) atoms. The van der Waals surface area contributed by atoms with Crippen LogP contribution in [0.5, 0.6) is 0 Å². The molecule has 1 amide bonds. The van der Waals surface area contributed by atoms with Crippen LogP contribution in [0.15, 0.2) is 12.3 Å². The lowest BCUT2D eigenvalue weighted by molar-refractivity contribution is 0.0727. The smallest absolute Gasteiger partial charge is 0.257 e. The molecule has 98 valence electrons. The molecule has 1 fully saturated rings. The van der Waals surface area contributed by atoms with Gasteiger partial charge in [0.15, 0.2) is 0 Å². The van der Waals surface area contributed by atoms with Crippen LogP contribution in [0.2, 0.25) is 0 Å². The Balaban J connectivity index is 2.23. The quantitative estimate of drug-likeness (QED) is 0.891. The number of pyridine rings is 1. The van der Waals surface area contributed by atoms with E-state index < -0.39 is 5.82 Å². The van der Waals surface area contributed by atoms with E-state index in [1.807, 2.05) is 6.92 Å². The van der Waals surface area contributed by atoms with Gasteiger partial charge in [-0.2, -0.15) is 0 Å². The number of nitrogens with zero attached hydrogens (tertiary/aromatic N) is 2. The van der Waals surface area contributed by atoms with Crippen LogP contribution in [0.1, 0.15) is 30.1 Å². The van der Waals surface area contributed by atoms with Crippen LogP contribution >= 0.6 is 0 Å². The molecule has 0 spiro atoms. The van der Waals surface area contributed by atoms with E-state index >= 15 is 0 Å². The zero-order chi connectivity index (χ0) is 13.3. The third kappa shape index (κ3) is 2.44. The lowest BCUT2D eigenvalue weighted by Crippen LogP contribution is -2.36. The van der Waals surface area contributed by atoms with Crippen LogP contribution in [0.25, 0.3) is 0 Å². The van der Waals surface area contributed by atoms with Gasteiger partial charge in [-0.05, 0) is 31.7 Å². The highest BCUT2D eigenvalue weighted by atomic mass is 19.1. The molecule has 1 aliphatic carbocycles. The van der Waals surface area contributed by atoms with Gasteiger partial charge >= 0.3 is 0 Å². The molecule has 1 unspecified atom stereocenters. The molecule has 5 heteroatoms. The Morgan fingerprint density at radius 2 is 2.28 bits per heavy atom. The van der Waals surface area contributed by atoms with Gasteiger partial charge in [0, 0.05) is 20.1 Å². The molecule has 1 aliphatic rings. The van der Waals surface area contributed by atoms with Crippen LogP contribution < -0.4 is 5.32 Å². The molecule has 0 bridgehead atoms. The number of anilines is 1. The minimum atomic E-state index is -0.496. The van der Waals surface area contributed by atoms with Gasteiger partial charge < -0.3 is 10.2 Å². The fourth-order valence-corrected chi connectivity index (χ4v) is 2.07. The molecule has 1 N–H and O–H groups in total. The Kier molecular flexibility index (Phi) is 3.50. The molecule has 0 radical (unpaired) electrons. The summed E-state index contributed by atoms with van der Waals surface area (Å²) in [6.45, 7) is 2.03. The van der Waals surface area contributed by atoms with Gasteiger partial charge in [-0.15, -0.1) is 0 Å². The van der Waals surface area contributed by atoms with Crippen LogP contribution in [-0.4, -0.2) is 35.9 Å². The summed E-state index contributed by atoms with van der Waals surface area (Å²) in [5.41, 5.74) is 0.285. The average Bonchev–Trinajstić information content (AvgIpc) is 3.20. The first-order valence-electron chi connectivity index (χ1n) is 6.15. The number of carbonyl (C=O) groups is 1. The van der Waals surface area contributed by atoms with Crippen molar-refractivity contribution in [1.82, 2.24) is 9.88 Å². The summed E-state index contributed by atoms with van der Waals surface area (Å²) < 4.78 is 13.2. The minimum Gasteiger partial charge on any atom is -0.372 e. The summed E-state index contributed by atoms with van der Waals surface area (Å²) in [5, 5.41) is 2.82. The van der Waals surface area contributed by atoms with Crippen molar-refractivity contribution in [3.05, 3.63) is 23.6 Å². The van der Waals surface area contributed by atoms with Crippen LogP contribution in [0.4, 0.5) is 10.2 Å². The van der Waals surface area contributed by atoms with Crippen LogP contribution in [-0.2, 0) is 0 Å². The Labute approximate surface area is 106 Å². The van der Waals surface area contributed by atoms with Gasteiger partial charge in [0.25, 0.3) is 5.91 Å². The van der Waals surface area contributed by atoms with E-state index in [4.69, 9.17) is 0 Å². The van der Waals surface area contributed by atoms with Gasteiger partial charge in [-0.3, -0.25) is 4.79 Å². The molecular weight excluding hydrogens is 233 g/mol. The normalized spacial score (nSPS) is 16.2. The average molecular weight is 251 g/mol. The van der Waals surface area contributed by atoms with Crippen molar-refractivity contribution in [3.8, 4) is 0 Å². The molecule has 1 saturated carbocycles. The van der Waals surface area contributed by atoms with E-state index in [9.17, 15) is 9.18 Å². The largest absolute Gasteiger partial charge is 0.372 e. The number of nitrogens with one attached hydrogen (secondary N) is 1. The van der Waals surface area contributed by atoms with Crippen LogP contribution in [0, 0.1) is 11.7 Å². The first kappa shape index (κ1) is 12.8. The van der Waals surface area contributed by atoms with E-state index in [1.165, 1.54) is 18.9 Å².